The van der Waals surface area contributed by atoms with Crippen molar-refractivity contribution in [2.75, 3.05) is 0 Å². The van der Waals surface area contributed by atoms with Crippen LogP contribution in [0.5, 0.6) is 5.75 Å². The van der Waals surface area contributed by atoms with Gasteiger partial charge in [-0.2, -0.15) is 8.78 Å². The molecule has 9 heteroatoms. The van der Waals surface area contributed by atoms with Crippen molar-refractivity contribution in [3.8, 4) is 17.2 Å². The normalized spacial score (nSPS) is 11.3. The summed E-state index contributed by atoms with van der Waals surface area (Å²) in [5, 5.41) is 6.87. The van der Waals surface area contributed by atoms with Gasteiger partial charge in [0.05, 0.1) is 11.3 Å². The highest BCUT2D eigenvalue weighted by Gasteiger charge is 2.17. The molecule has 4 aromatic rings. The number of pyridine rings is 2. The molecule has 0 saturated heterocycles. The van der Waals surface area contributed by atoms with E-state index in [-0.39, 0.29) is 12.5 Å². The molecule has 0 amide bonds. The lowest BCUT2D eigenvalue weighted by Gasteiger charge is -2.07. The van der Waals surface area contributed by atoms with E-state index in [0.29, 0.717) is 22.7 Å². The summed E-state index contributed by atoms with van der Waals surface area (Å²) < 4.78 is 37.4. The van der Waals surface area contributed by atoms with Gasteiger partial charge in [-0.15, -0.1) is 10.2 Å². The predicted molar refractivity (Wildman–Crippen MR) is 82.0 cm³/mol. The van der Waals surface area contributed by atoms with Crippen LogP contribution in [0.1, 0.15) is 18.0 Å². The average molecular weight is 343 g/mol. The van der Waals surface area contributed by atoms with Crippen molar-refractivity contribution in [3.63, 3.8) is 0 Å². The molecular formula is C16H11F2N5O2. The fourth-order valence-corrected chi connectivity index (χ4v) is 2.26. The summed E-state index contributed by atoms with van der Waals surface area (Å²) in [4.78, 5) is 8.45. The summed E-state index contributed by atoms with van der Waals surface area (Å²) >= 11 is 0. The van der Waals surface area contributed by atoms with Crippen LogP contribution < -0.4 is 4.74 Å². The van der Waals surface area contributed by atoms with Gasteiger partial charge in [-0.1, -0.05) is 0 Å². The molecule has 0 unspecified atom stereocenters. The molecule has 0 spiro atoms. The SMILES string of the molecule is FC(F)c1nnc(-c2ccc(COc3cccn4ccnc34)nc2)o1. The Morgan fingerprint density at radius 3 is 2.80 bits per heavy atom. The summed E-state index contributed by atoms with van der Waals surface area (Å²) in [5.74, 6) is -0.0792. The standard InChI is InChI=1S/C16H11F2N5O2/c17-13(18)16-22-21-15(25-16)10-3-4-11(20-8-10)9-24-12-2-1-6-23-7-5-19-14(12)23/h1-8,13H,9H2. The van der Waals surface area contributed by atoms with Gasteiger partial charge in [0.25, 0.3) is 5.89 Å². The Balaban J connectivity index is 1.48. The number of rotatable bonds is 5. The fraction of sp³-hybridized carbons (Fsp3) is 0.125. The number of halogens is 2. The number of hydrogen-bond acceptors (Lipinski definition) is 6. The topological polar surface area (TPSA) is 78.3 Å². The third-order valence-corrected chi connectivity index (χ3v) is 3.46. The molecule has 25 heavy (non-hydrogen) atoms. The number of aromatic nitrogens is 5. The van der Waals surface area contributed by atoms with Crippen molar-refractivity contribution in [1.82, 2.24) is 24.6 Å². The maximum atomic E-state index is 12.5. The Labute approximate surface area is 139 Å². The largest absolute Gasteiger partial charge is 0.483 e. The van der Waals surface area contributed by atoms with E-state index in [4.69, 9.17) is 9.15 Å². The van der Waals surface area contributed by atoms with E-state index in [1.54, 1.807) is 18.3 Å². The first-order chi connectivity index (χ1) is 12.2. The Bertz CT molecular complexity index is 997. The quantitative estimate of drug-likeness (QED) is 0.553. The monoisotopic (exact) mass is 343 g/mol. The van der Waals surface area contributed by atoms with E-state index in [2.05, 4.69) is 20.2 Å². The molecular weight excluding hydrogens is 332 g/mol. The number of hydrogen-bond donors (Lipinski definition) is 0. The van der Waals surface area contributed by atoms with E-state index < -0.39 is 12.3 Å². The average Bonchev–Trinajstić information content (AvgIpc) is 3.30. The van der Waals surface area contributed by atoms with E-state index in [1.165, 1.54) is 6.20 Å². The molecule has 0 aliphatic heterocycles. The Morgan fingerprint density at radius 2 is 2.04 bits per heavy atom. The van der Waals surface area contributed by atoms with Crippen LogP contribution in [-0.2, 0) is 6.61 Å². The number of nitrogens with zero attached hydrogens (tertiary/aromatic N) is 5. The van der Waals surface area contributed by atoms with Gasteiger partial charge in [0.2, 0.25) is 5.89 Å². The smallest absolute Gasteiger partial charge is 0.314 e. The summed E-state index contributed by atoms with van der Waals surface area (Å²) in [6.07, 6.45) is 4.06. The number of alkyl halides is 2. The second kappa shape index (κ2) is 6.27. The van der Waals surface area contributed by atoms with Crippen LogP contribution in [0.3, 0.4) is 0 Å². The molecule has 4 rings (SSSR count). The minimum absolute atomic E-state index is 0.00239. The molecule has 7 nitrogen and oxygen atoms in total. The molecule has 0 saturated carbocycles. The fourth-order valence-electron chi connectivity index (χ4n) is 2.26. The van der Waals surface area contributed by atoms with Crippen molar-refractivity contribution in [3.05, 3.63) is 60.6 Å². The number of ether oxygens (including phenoxy) is 1. The Kier molecular flexibility index (Phi) is 3.81. The minimum Gasteiger partial charge on any atom is -0.483 e. The summed E-state index contributed by atoms with van der Waals surface area (Å²) in [6, 6.07) is 7.04. The molecule has 0 aliphatic rings. The molecule has 4 heterocycles. The molecule has 126 valence electrons. The summed E-state index contributed by atoms with van der Waals surface area (Å²) in [5.41, 5.74) is 1.83. The second-order valence-corrected chi connectivity index (χ2v) is 5.10. The molecule has 0 bridgehead atoms. The molecule has 4 aromatic heterocycles. The Morgan fingerprint density at radius 1 is 1.12 bits per heavy atom. The minimum atomic E-state index is -2.80. The zero-order valence-corrected chi connectivity index (χ0v) is 12.7. The van der Waals surface area contributed by atoms with Gasteiger partial charge in [-0.3, -0.25) is 4.98 Å². The van der Waals surface area contributed by atoms with Crippen LogP contribution in [0.25, 0.3) is 17.1 Å². The lowest BCUT2D eigenvalue weighted by Crippen LogP contribution is -1.99. The van der Waals surface area contributed by atoms with Crippen LogP contribution in [0.15, 0.2) is 53.5 Å². The molecule has 0 aliphatic carbocycles. The van der Waals surface area contributed by atoms with Gasteiger partial charge in [-0.05, 0) is 24.3 Å². The molecule has 0 atom stereocenters. The van der Waals surface area contributed by atoms with Gasteiger partial charge in [0.1, 0.15) is 6.61 Å². The van der Waals surface area contributed by atoms with Crippen LogP contribution in [0.4, 0.5) is 8.78 Å². The molecule has 0 N–H and O–H groups in total. The van der Waals surface area contributed by atoms with Crippen molar-refractivity contribution in [1.29, 1.82) is 0 Å². The van der Waals surface area contributed by atoms with Crippen molar-refractivity contribution >= 4 is 5.65 Å². The maximum absolute atomic E-state index is 12.5. The highest BCUT2D eigenvalue weighted by molar-refractivity contribution is 5.53. The third kappa shape index (κ3) is 3.03. The number of fused-ring (bicyclic) bond motifs is 1. The van der Waals surface area contributed by atoms with Gasteiger partial charge in [0, 0.05) is 24.8 Å². The first kappa shape index (κ1) is 15.2. The van der Waals surface area contributed by atoms with Crippen LogP contribution >= 0.6 is 0 Å². The molecule has 0 fully saturated rings. The molecule has 0 radical (unpaired) electrons. The summed E-state index contributed by atoms with van der Waals surface area (Å²) in [7, 11) is 0. The lowest BCUT2D eigenvalue weighted by molar-refractivity contribution is 0.116. The van der Waals surface area contributed by atoms with E-state index in [1.807, 2.05) is 28.9 Å². The first-order valence-corrected chi connectivity index (χ1v) is 7.32. The summed E-state index contributed by atoms with van der Waals surface area (Å²) in [6.45, 7) is 0.235. The van der Waals surface area contributed by atoms with Crippen LogP contribution in [-0.4, -0.2) is 24.6 Å². The molecule has 0 aromatic carbocycles. The van der Waals surface area contributed by atoms with Crippen molar-refractivity contribution in [2.24, 2.45) is 0 Å². The number of imidazole rings is 1. The van der Waals surface area contributed by atoms with Gasteiger partial charge < -0.3 is 13.6 Å². The first-order valence-electron chi connectivity index (χ1n) is 7.32. The second-order valence-electron chi connectivity index (χ2n) is 5.10. The van der Waals surface area contributed by atoms with Crippen molar-refractivity contribution < 1.29 is 17.9 Å². The van der Waals surface area contributed by atoms with Gasteiger partial charge in [-0.25, -0.2) is 4.98 Å². The van der Waals surface area contributed by atoms with Crippen molar-refractivity contribution in [2.45, 2.75) is 13.0 Å². The predicted octanol–water partition coefficient (Wildman–Crippen LogP) is 3.30. The van der Waals surface area contributed by atoms with E-state index in [0.717, 1.165) is 0 Å². The Hall–Kier alpha value is -3.36. The maximum Gasteiger partial charge on any atom is 0.314 e. The zero-order valence-electron chi connectivity index (χ0n) is 12.7. The van der Waals surface area contributed by atoms with E-state index in [9.17, 15) is 8.78 Å². The highest BCUT2D eigenvalue weighted by atomic mass is 19.3. The lowest BCUT2D eigenvalue weighted by atomic mass is 10.2. The third-order valence-electron chi connectivity index (χ3n) is 3.46. The zero-order chi connectivity index (χ0) is 17.2. The highest BCUT2D eigenvalue weighted by Crippen LogP contribution is 2.23. The van der Waals surface area contributed by atoms with E-state index >= 15 is 0 Å². The van der Waals surface area contributed by atoms with Crippen LogP contribution in [0.2, 0.25) is 0 Å². The van der Waals surface area contributed by atoms with Crippen LogP contribution in [0, 0.1) is 0 Å². The van der Waals surface area contributed by atoms with Gasteiger partial charge in [0.15, 0.2) is 11.4 Å². The van der Waals surface area contributed by atoms with Gasteiger partial charge >= 0.3 is 6.43 Å².